The highest BCUT2D eigenvalue weighted by Gasteiger charge is 2.22. The van der Waals surface area contributed by atoms with Gasteiger partial charge in [0.15, 0.2) is 5.82 Å². The summed E-state index contributed by atoms with van der Waals surface area (Å²) in [6.07, 6.45) is 2.71. The van der Waals surface area contributed by atoms with Gasteiger partial charge in [-0.15, -0.1) is 5.10 Å². The van der Waals surface area contributed by atoms with Crippen LogP contribution in [0.25, 0.3) is 33.7 Å². The molecule has 4 N–H and O–H groups in total. The van der Waals surface area contributed by atoms with E-state index < -0.39 is 11.9 Å². The lowest BCUT2D eigenvalue weighted by Crippen LogP contribution is -2.26. The SMILES string of the molecule is CC(CCc1ccc2oc(-c3ccccc3-c3nnn[nH]3)c(Br)c2c1Cl)c1ncc(C(=O)NCCC(=O)O)[nH]1. The van der Waals surface area contributed by atoms with Crippen molar-refractivity contribution in [2.75, 3.05) is 6.54 Å². The van der Waals surface area contributed by atoms with E-state index in [9.17, 15) is 9.59 Å². The Hall–Kier alpha value is -4.03. The molecule has 0 saturated heterocycles. The number of nitrogens with one attached hydrogen (secondary N) is 3. The van der Waals surface area contributed by atoms with Crippen LogP contribution in [0, 0.1) is 0 Å². The minimum absolute atomic E-state index is 0.0167. The highest BCUT2D eigenvalue weighted by molar-refractivity contribution is 9.10. The van der Waals surface area contributed by atoms with Crippen molar-refractivity contribution in [1.82, 2.24) is 35.9 Å². The van der Waals surface area contributed by atoms with Gasteiger partial charge in [-0.1, -0.05) is 48.9 Å². The number of carbonyl (C=O) groups excluding carboxylic acids is 1. The number of nitrogens with zero attached hydrogens (tertiary/aromatic N) is 4. The fourth-order valence-corrected chi connectivity index (χ4v) is 5.42. The molecule has 1 atom stereocenters. The molecule has 5 rings (SSSR count). The molecule has 3 heterocycles. The lowest BCUT2D eigenvalue weighted by Gasteiger charge is -2.10. The Balaban J connectivity index is 1.33. The van der Waals surface area contributed by atoms with E-state index in [0.29, 0.717) is 34.4 Å². The zero-order valence-electron chi connectivity index (χ0n) is 20.7. The van der Waals surface area contributed by atoms with E-state index in [0.717, 1.165) is 33.0 Å². The van der Waals surface area contributed by atoms with Crippen molar-refractivity contribution in [3.63, 3.8) is 0 Å². The summed E-state index contributed by atoms with van der Waals surface area (Å²) in [7, 11) is 0. The number of furan rings is 1. The third-order valence-corrected chi connectivity index (χ3v) is 7.55. The first-order chi connectivity index (χ1) is 18.8. The Labute approximate surface area is 235 Å². The molecule has 0 aliphatic carbocycles. The third kappa shape index (κ3) is 5.57. The topological polar surface area (TPSA) is 163 Å². The largest absolute Gasteiger partial charge is 0.481 e. The molecule has 200 valence electrons. The number of fused-ring (bicyclic) bond motifs is 1. The van der Waals surface area contributed by atoms with Gasteiger partial charge in [0.25, 0.3) is 5.91 Å². The number of hydrogen-bond acceptors (Lipinski definition) is 7. The summed E-state index contributed by atoms with van der Waals surface area (Å²) in [5, 5.41) is 26.8. The molecule has 0 saturated carbocycles. The molecule has 1 unspecified atom stereocenters. The average Bonchev–Trinajstić information content (AvgIpc) is 3.69. The van der Waals surface area contributed by atoms with Crippen LogP contribution in [0.5, 0.6) is 0 Å². The van der Waals surface area contributed by atoms with Gasteiger partial charge in [0, 0.05) is 23.6 Å². The standard InChI is InChI=1S/C26H23BrClN7O4/c1-13(24-30-12-17(31-24)26(38)29-11-10-19(36)37)6-7-14-8-9-18-20(22(14)28)21(27)23(39-18)15-4-2-3-5-16(15)25-32-34-35-33-25/h2-5,8-9,12-13H,6-7,10-11H2,1H3,(H,29,38)(H,30,31)(H,36,37)(H,32,33,34,35). The van der Waals surface area contributed by atoms with E-state index in [-0.39, 0.29) is 24.6 Å². The number of tetrazole rings is 1. The van der Waals surface area contributed by atoms with Gasteiger partial charge in [-0.05, 0) is 50.8 Å². The maximum absolute atomic E-state index is 12.2. The summed E-state index contributed by atoms with van der Waals surface area (Å²) in [5.74, 6) is 0.465. The van der Waals surface area contributed by atoms with Gasteiger partial charge >= 0.3 is 5.97 Å². The van der Waals surface area contributed by atoms with E-state index >= 15 is 0 Å². The molecule has 39 heavy (non-hydrogen) atoms. The number of aryl methyl sites for hydroxylation is 1. The van der Waals surface area contributed by atoms with E-state index in [1.807, 2.05) is 43.3 Å². The number of benzene rings is 2. The van der Waals surface area contributed by atoms with Crippen molar-refractivity contribution < 1.29 is 19.1 Å². The number of aliphatic carboxylic acids is 1. The van der Waals surface area contributed by atoms with E-state index in [2.05, 4.69) is 51.8 Å². The molecule has 0 aliphatic heterocycles. The summed E-state index contributed by atoms with van der Waals surface area (Å²) in [4.78, 5) is 30.2. The maximum Gasteiger partial charge on any atom is 0.305 e. The first kappa shape index (κ1) is 26.6. The van der Waals surface area contributed by atoms with Crippen LogP contribution >= 0.6 is 27.5 Å². The number of hydrogen-bond donors (Lipinski definition) is 4. The van der Waals surface area contributed by atoms with E-state index in [4.69, 9.17) is 21.1 Å². The third-order valence-electron chi connectivity index (χ3n) is 6.36. The fourth-order valence-electron chi connectivity index (χ4n) is 4.28. The van der Waals surface area contributed by atoms with Crippen LogP contribution in [0.2, 0.25) is 5.02 Å². The Kier molecular flexibility index (Phi) is 7.75. The van der Waals surface area contributed by atoms with Gasteiger partial charge in [0.2, 0.25) is 0 Å². The molecular weight excluding hydrogens is 590 g/mol. The summed E-state index contributed by atoms with van der Waals surface area (Å²) in [5.41, 5.74) is 3.49. The van der Waals surface area contributed by atoms with E-state index in [1.54, 1.807) is 0 Å². The number of aromatic nitrogens is 6. The molecule has 11 nitrogen and oxygen atoms in total. The Bertz CT molecular complexity index is 1650. The monoisotopic (exact) mass is 611 g/mol. The number of aromatic amines is 2. The zero-order valence-corrected chi connectivity index (χ0v) is 23.0. The number of carboxylic acid groups (broad SMARTS) is 1. The highest BCUT2D eigenvalue weighted by Crippen LogP contribution is 2.44. The first-order valence-corrected chi connectivity index (χ1v) is 13.3. The molecule has 1 amide bonds. The number of imidazole rings is 1. The summed E-state index contributed by atoms with van der Waals surface area (Å²) in [6, 6.07) is 11.5. The summed E-state index contributed by atoms with van der Waals surface area (Å²) in [6.45, 7) is 2.06. The molecule has 0 radical (unpaired) electrons. The Morgan fingerprint density at radius 2 is 2.00 bits per heavy atom. The van der Waals surface area contributed by atoms with Crippen LogP contribution in [0.1, 0.15) is 47.6 Å². The maximum atomic E-state index is 12.2. The molecule has 5 aromatic rings. The molecule has 13 heteroatoms. The van der Waals surface area contributed by atoms with Crippen molar-refractivity contribution in [3.8, 4) is 22.7 Å². The van der Waals surface area contributed by atoms with Gasteiger partial charge in [-0.3, -0.25) is 9.59 Å². The van der Waals surface area contributed by atoms with Gasteiger partial charge in [0.1, 0.15) is 22.9 Å². The van der Waals surface area contributed by atoms with Crippen LogP contribution < -0.4 is 5.32 Å². The average molecular weight is 613 g/mol. The number of H-pyrrole nitrogens is 2. The predicted octanol–water partition coefficient (Wildman–Crippen LogP) is 5.36. The predicted molar refractivity (Wildman–Crippen MR) is 147 cm³/mol. The smallest absolute Gasteiger partial charge is 0.305 e. The molecule has 2 aromatic carbocycles. The summed E-state index contributed by atoms with van der Waals surface area (Å²) >= 11 is 10.6. The number of carbonyl (C=O) groups is 2. The Morgan fingerprint density at radius 3 is 2.74 bits per heavy atom. The lowest BCUT2D eigenvalue weighted by atomic mass is 9.99. The van der Waals surface area contributed by atoms with Crippen LogP contribution in [-0.4, -0.2) is 54.1 Å². The van der Waals surface area contributed by atoms with Crippen LogP contribution in [-0.2, 0) is 11.2 Å². The van der Waals surface area contributed by atoms with Gasteiger partial charge in [0.05, 0.1) is 27.5 Å². The molecule has 0 spiro atoms. The molecule has 0 aliphatic rings. The minimum Gasteiger partial charge on any atom is -0.481 e. The summed E-state index contributed by atoms with van der Waals surface area (Å²) < 4.78 is 6.96. The molecular formula is C26H23BrClN7O4. The second-order valence-corrected chi connectivity index (χ2v) is 10.1. The van der Waals surface area contributed by atoms with Crippen molar-refractivity contribution in [1.29, 1.82) is 0 Å². The number of carboxylic acids is 1. The normalized spacial score (nSPS) is 12.1. The molecule has 3 aromatic heterocycles. The van der Waals surface area contributed by atoms with Gasteiger partial charge in [-0.25, -0.2) is 10.1 Å². The molecule has 0 bridgehead atoms. The Morgan fingerprint density at radius 1 is 1.21 bits per heavy atom. The number of amides is 1. The number of halogens is 2. The minimum atomic E-state index is -0.974. The fraction of sp³-hybridized carbons (Fsp3) is 0.231. The molecule has 0 fully saturated rings. The lowest BCUT2D eigenvalue weighted by molar-refractivity contribution is -0.136. The zero-order chi connectivity index (χ0) is 27.5. The quantitative estimate of drug-likeness (QED) is 0.164. The van der Waals surface area contributed by atoms with E-state index in [1.165, 1.54) is 6.20 Å². The first-order valence-electron chi connectivity index (χ1n) is 12.1. The van der Waals surface area contributed by atoms with Crippen molar-refractivity contribution in [2.45, 2.75) is 32.1 Å². The van der Waals surface area contributed by atoms with Crippen LogP contribution in [0.4, 0.5) is 0 Å². The van der Waals surface area contributed by atoms with Crippen molar-refractivity contribution in [2.24, 2.45) is 0 Å². The van der Waals surface area contributed by atoms with Gasteiger partial charge in [-0.2, -0.15) is 0 Å². The van der Waals surface area contributed by atoms with Crippen LogP contribution in [0.3, 0.4) is 0 Å². The van der Waals surface area contributed by atoms with Crippen molar-refractivity contribution >= 4 is 50.4 Å². The van der Waals surface area contributed by atoms with Crippen LogP contribution in [0.15, 0.2) is 51.5 Å². The van der Waals surface area contributed by atoms with Gasteiger partial charge < -0.3 is 19.8 Å². The second-order valence-electron chi connectivity index (χ2n) is 8.97. The second kappa shape index (κ2) is 11.4. The number of rotatable bonds is 10. The highest BCUT2D eigenvalue weighted by atomic mass is 79.9. The van der Waals surface area contributed by atoms with Crippen molar-refractivity contribution in [3.05, 3.63) is 69.2 Å².